The highest BCUT2D eigenvalue weighted by Gasteiger charge is 2.06. The summed E-state index contributed by atoms with van der Waals surface area (Å²) in [4.78, 5) is 11.5. The highest BCUT2D eigenvalue weighted by Crippen LogP contribution is 2.21. The number of amides is 1. The predicted octanol–water partition coefficient (Wildman–Crippen LogP) is 1.43. The van der Waals surface area contributed by atoms with E-state index in [1.807, 2.05) is 0 Å². The summed E-state index contributed by atoms with van der Waals surface area (Å²) in [5.41, 5.74) is 0.492. The standard InChI is InChI=1S/C12H17FN2O3.ClH/c1-17-6-5-14-8-12(16)15-9-3-4-10(13)11(7-9)18-2;/h3-4,7,14H,5-6,8H2,1-2H3,(H,15,16);1H. The Kier molecular flexibility index (Phi) is 8.86. The smallest absolute Gasteiger partial charge is 0.238 e. The van der Waals surface area contributed by atoms with E-state index in [0.29, 0.717) is 18.8 Å². The van der Waals surface area contributed by atoms with Crippen LogP contribution >= 0.6 is 12.4 Å². The van der Waals surface area contributed by atoms with Crippen LogP contribution in [0.25, 0.3) is 0 Å². The van der Waals surface area contributed by atoms with Crippen LogP contribution in [-0.2, 0) is 9.53 Å². The molecule has 0 spiro atoms. The van der Waals surface area contributed by atoms with Crippen LogP contribution < -0.4 is 15.4 Å². The van der Waals surface area contributed by atoms with Gasteiger partial charge in [-0.05, 0) is 12.1 Å². The fraction of sp³-hybridized carbons (Fsp3) is 0.417. The summed E-state index contributed by atoms with van der Waals surface area (Å²) in [5.74, 6) is -0.575. The van der Waals surface area contributed by atoms with Crippen molar-refractivity contribution < 1.29 is 18.7 Å². The lowest BCUT2D eigenvalue weighted by atomic mass is 10.3. The molecule has 2 N–H and O–H groups in total. The van der Waals surface area contributed by atoms with Crippen LogP contribution in [0.4, 0.5) is 10.1 Å². The highest BCUT2D eigenvalue weighted by atomic mass is 35.5. The van der Waals surface area contributed by atoms with Gasteiger partial charge in [-0.15, -0.1) is 12.4 Å². The van der Waals surface area contributed by atoms with Gasteiger partial charge < -0.3 is 20.1 Å². The van der Waals surface area contributed by atoms with E-state index in [4.69, 9.17) is 9.47 Å². The second kappa shape index (κ2) is 9.55. The van der Waals surface area contributed by atoms with Crippen molar-refractivity contribution in [2.24, 2.45) is 0 Å². The van der Waals surface area contributed by atoms with Gasteiger partial charge in [-0.25, -0.2) is 4.39 Å². The van der Waals surface area contributed by atoms with Crippen LogP contribution in [0.3, 0.4) is 0 Å². The van der Waals surface area contributed by atoms with E-state index >= 15 is 0 Å². The van der Waals surface area contributed by atoms with Crippen LogP contribution in [0.2, 0.25) is 0 Å². The molecule has 0 saturated heterocycles. The van der Waals surface area contributed by atoms with E-state index in [2.05, 4.69) is 10.6 Å². The summed E-state index contributed by atoms with van der Waals surface area (Å²) in [6.45, 7) is 1.30. The number of hydrogen-bond donors (Lipinski definition) is 2. The molecule has 0 aliphatic rings. The van der Waals surface area contributed by atoms with Gasteiger partial charge in [0.05, 0.1) is 20.3 Å². The van der Waals surface area contributed by atoms with E-state index in [-0.39, 0.29) is 30.6 Å². The summed E-state index contributed by atoms with van der Waals surface area (Å²) >= 11 is 0. The minimum Gasteiger partial charge on any atom is -0.494 e. The van der Waals surface area contributed by atoms with Crippen LogP contribution in [0.15, 0.2) is 18.2 Å². The molecule has 0 aromatic heterocycles. The third kappa shape index (κ3) is 6.37. The molecular weight excluding hydrogens is 275 g/mol. The quantitative estimate of drug-likeness (QED) is 0.747. The maximum absolute atomic E-state index is 13.1. The predicted molar refractivity (Wildman–Crippen MR) is 73.6 cm³/mol. The maximum atomic E-state index is 13.1. The van der Waals surface area contributed by atoms with Crippen LogP contribution in [0.1, 0.15) is 0 Å². The number of benzene rings is 1. The lowest BCUT2D eigenvalue weighted by molar-refractivity contribution is -0.115. The van der Waals surface area contributed by atoms with Crippen molar-refractivity contribution >= 4 is 24.0 Å². The number of hydrogen-bond acceptors (Lipinski definition) is 4. The average Bonchev–Trinajstić information content (AvgIpc) is 2.37. The third-order valence-electron chi connectivity index (χ3n) is 2.20. The summed E-state index contributed by atoms with van der Waals surface area (Å²) < 4.78 is 22.8. The molecule has 108 valence electrons. The SMILES string of the molecule is COCCNCC(=O)Nc1ccc(F)c(OC)c1.Cl. The Bertz CT molecular complexity index is 405. The van der Waals surface area contributed by atoms with E-state index in [1.54, 1.807) is 7.11 Å². The molecule has 1 aromatic rings. The monoisotopic (exact) mass is 292 g/mol. The van der Waals surface area contributed by atoms with Crippen molar-refractivity contribution in [1.82, 2.24) is 5.32 Å². The number of carbonyl (C=O) groups is 1. The maximum Gasteiger partial charge on any atom is 0.238 e. The first-order valence-electron chi connectivity index (χ1n) is 5.50. The van der Waals surface area contributed by atoms with E-state index in [9.17, 15) is 9.18 Å². The lowest BCUT2D eigenvalue weighted by Crippen LogP contribution is -2.30. The number of rotatable bonds is 7. The van der Waals surface area contributed by atoms with E-state index in [0.717, 1.165) is 0 Å². The molecule has 0 aliphatic carbocycles. The molecule has 19 heavy (non-hydrogen) atoms. The number of nitrogens with one attached hydrogen (secondary N) is 2. The average molecular weight is 293 g/mol. The van der Waals surface area contributed by atoms with Gasteiger partial charge in [0.2, 0.25) is 5.91 Å². The zero-order valence-electron chi connectivity index (χ0n) is 10.9. The van der Waals surface area contributed by atoms with Crippen molar-refractivity contribution in [3.63, 3.8) is 0 Å². The largest absolute Gasteiger partial charge is 0.494 e. The number of carbonyl (C=O) groups excluding carboxylic acids is 1. The first kappa shape index (κ1) is 17.6. The minimum atomic E-state index is -0.464. The lowest BCUT2D eigenvalue weighted by Gasteiger charge is -2.08. The van der Waals surface area contributed by atoms with Crippen LogP contribution in [0.5, 0.6) is 5.75 Å². The zero-order valence-corrected chi connectivity index (χ0v) is 11.7. The van der Waals surface area contributed by atoms with Crippen molar-refractivity contribution in [3.8, 4) is 5.75 Å². The van der Waals surface area contributed by atoms with Crippen molar-refractivity contribution in [1.29, 1.82) is 0 Å². The van der Waals surface area contributed by atoms with Gasteiger partial charge >= 0.3 is 0 Å². The molecule has 5 nitrogen and oxygen atoms in total. The number of halogens is 2. The molecule has 0 radical (unpaired) electrons. The van der Waals surface area contributed by atoms with Gasteiger partial charge in [-0.2, -0.15) is 0 Å². The van der Waals surface area contributed by atoms with Gasteiger partial charge in [0, 0.05) is 25.4 Å². The summed E-state index contributed by atoms with van der Waals surface area (Å²) in [6, 6.07) is 4.15. The Labute approximate surface area is 117 Å². The van der Waals surface area contributed by atoms with Gasteiger partial charge in [-0.3, -0.25) is 4.79 Å². The van der Waals surface area contributed by atoms with Gasteiger partial charge in [0.25, 0.3) is 0 Å². The Hall–Kier alpha value is -1.37. The van der Waals surface area contributed by atoms with Crippen LogP contribution in [0, 0.1) is 5.82 Å². The normalized spacial score (nSPS) is 9.63. The molecule has 1 rings (SSSR count). The van der Waals surface area contributed by atoms with Gasteiger partial charge in [-0.1, -0.05) is 0 Å². The molecular formula is C12H18ClFN2O3. The van der Waals surface area contributed by atoms with Gasteiger partial charge in [0.1, 0.15) is 0 Å². The second-order valence-electron chi connectivity index (χ2n) is 3.57. The number of methoxy groups -OCH3 is 2. The Balaban J connectivity index is 0.00000324. The molecule has 0 saturated carbocycles. The minimum absolute atomic E-state index is 0. The van der Waals surface area contributed by atoms with E-state index < -0.39 is 5.82 Å². The Morgan fingerprint density at radius 2 is 2.11 bits per heavy atom. The molecule has 0 unspecified atom stereocenters. The van der Waals surface area contributed by atoms with Gasteiger partial charge in [0.15, 0.2) is 11.6 Å². The molecule has 0 heterocycles. The summed E-state index contributed by atoms with van der Waals surface area (Å²) in [5, 5.41) is 5.54. The van der Waals surface area contributed by atoms with E-state index in [1.165, 1.54) is 25.3 Å². The Morgan fingerprint density at radius 1 is 1.37 bits per heavy atom. The molecule has 0 bridgehead atoms. The third-order valence-corrected chi connectivity index (χ3v) is 2.20. The van der Waals surface area contributed by atoms with Crippen LogP contribution in [-0.4, -0.2) is 39.8 Å². The molecule has 7 heteroatoms. The summed E-state index contributed by atoms with van der Waals surface area (Å²) in [7, 11) is 2.96. The first-order valence-corrected chi connectivity index (χ1v) is 5.50. The number of ether oxygens (including phenoxy) is 2. The second-order valence-corrected chi connectivity index (χ2v) is 3.57. The zero-order chi connectivity index (χ0) is 13.4. The topological polar surface area (TPSA) is 59.6 Å². The molecule has 0 atom stereocenters. The molecule has 0 fully saturated rings. The summed E-state index contributed by atoms with van der Waals surface area (Å²) in [6.07, 6.45) is 0. The highest BCUT2D eigenvalue weighted by molar-refractivity contribution is 5.92. The van der Waals surface area contributed by atoms with Crippen molar-refractivity contribution in [2.75, 3.05) is 39.2 Å². The van der Waals surface area contributed by atoms with Crippen molar-refractivity contribution in [3.05, 3.63) is 24.0 Å². The molecule has 0 aliphatic heterocycles. The molecule has 1 amide bonds. The molecule has 1 aromatic carbocycles. The fourth-order valence-electron chi connectivity index (χ4n) is 1.32. The Morgan fingerprint density at radius 3 is 2.74 bits per heavy atom. The van der Waals surface area contributed by atoms with Crippen molar-refractivity contribution in [2.45, 2.75) is 0 Å². The number of anilines is 1. The fourth-order valence-corrected chi connectivity index (χ4v) is 1.32. The first-order chi connectivity index (χ1) is 8.67.